The standard InChI is InChI=1S/C30H34N4O4/c35-26(12-9-21-6-2-1-3-7-21)38-24(19-32-14-16-33(17-15-32)25-8-4-5-13-31-25)20-34-29(36)27-22-10-11-23(18-22)28(27)30(34)37/h1-8,10-11,13,22-24,36-37H,9,12,14-20H2/t22-,23?,24?/m0/s1. The number of carbonyl (C=O) groups excluding carboxylic acids is 1. The molecule has 1 aromatic carbocycles. The number of hydrogen-bond acceptors (Lipinski definition) is 7. The average Bonchev–Trinajstić information content (AvgIpc) is 3.64. The summed E-state index contributed by atoms with van der Waals surface area (Å²) in [6.45, 7) is 4.01. The van der Waals surface area contributed by atoms with E-state index in [-0.39, 0.29) is 42.5 Å². The fourth-order valence-electron chi connectivity index (χ4n) is 6.12. The molecule has 2 aliphatic carbocycles. The molecule has 1 fully saturated rings. The van der Waals surface area contributed by atoms with Crippen LogP contribution in [0.4, 0.5) is 5.82 Å². The molecule has 0 saturated carbocycles. The average molecular weight is 515 g/mol. The van der Waals surface area contributed by atoms with Crippen LogP contribution < -0.4 is 4.90 Å². The molecule has 3 aromatic rings. The van der Waals surface area contributed by atoms with Crippen molar-refractivity contribution in [1.82, 2.24) is 14.5 Å². The van der Waals surface area contributed by atoms with Gasteiger partial charge in [-0.2, -0.15) is 0 Å². The molecule has 198 valence electrons. The van der Waals surface area contributed by atoms with Gasteiger partial charge in [-0.05, 0) is 30.5 Å². The number of aromatic hydroxyl groups is 2. The van der Waals surface area contributed by atoms with Crippen molar-refractivity contribution in [2.45, 2.75) is 43.7 Å². The molecule has 2 unspecified atom stereocenters. The third kappa shape index (κ3) is 4.88. The van der Waals surface area contributed by atoms with Crippen LogP contribution in [0.5, 0.6) is 11.8 Å². The lowest BCUT2D eigenvalue weighted by Gasteiger charge is -2.37. The highest BCUT2D eigenvalue weighted by Gasteiger charge is 2.41. The minimum atomic E-state index is -0.505. The number of benzene rings is 1. The largest absolute Gasteiger partial charge is 0.494 e. The number of nitrogens with zero attached hydrogens (tertiary/aromatic N) is 4. The van der Waals surface area contributed by atoms with Gasteiger partial charge >= 0.3 is 5.97 Å². The monoisotopic (exact) mass is 514 g/mol. The highest BCUT2D eigenvalue weighted by molar-refractivity contribution is 5.70. The zero-order valence-corrected chi connectivity index (χ0v) is 21.4. The number of fused-ring (bicyclic) bond motifs is 5. The molecule has 0 spiro atoms. The molecule has 1 saturated heterocycles. The predicted octanol–water partition coefficient (Wildman–Crippen LogP) is 3.80. The van der Waals surface area contributed by atoms with E-state index in [0.29, 0.717) is 13.0 Å². The Morgan fingerprint density at radius 2 is 1.61 bits per heavy atom. The normalized spacial score (nSPS) is 21.0. The quantitative estimate of drug-likeness (QED) is 0.332. The van der Waals surface area contributed by atoms with Crippen molar-refractivity contribution in [2.75, 3.05) is 37.6 Å². The van der Waals surface area contributed by atoms with Crippen LogP contribution in [0.25, 0.3) is 0 Å². The lowest BCUT2D eigenvalue weighted by atomic mass is 10.0. The van der Waals surface area contributed by atoms with Gasteiger partial charge in [-0.1, -0.05) is 48.6 Å². The zero-order chi connectivity index (χ0) is 26.1. The van der Waals surface area contributed by atoms with E-state index in [0.717, 1.165) is 55.1 Å². The number of hydrogen-bond donors (Lipinski definition) is 2. The van der Waals surface area contributed by atoms with E-state index in [9.17, 15) is 15.0 Å². The third-order valence-corrected chi connectivity index (χ3v) is 8.06. The maximum Gasteiger partial charge on any atom is 0.306 e. The Labute approximate surface area is 222 Å². The summed E-state index contributed by atoms with van der Waals surface area (Å²) in [4.78, 5) is 21.9. The Bertz CT molecular complexity index is 1260. The first-order valence-electron chi connectivity index (χ1n) is 13.5. The second-order valence-electron chi connectivity index (χ2n) is 10.5. The zero-order valence-electron chi connectivity index (χ0n) is 21.4. The van der Waals surface area contributed by atoms with Crippen molar-refractivity contribution >= 4 is 11.8 Å². The van der Waals surface area contributed by atoms with E-state index >= 15 is 0 Å². The van der Waals surface area contributed by atoms with Crippen LogP contribution in [-0.4, -0.2) is 69.5 Å². The lowest BCUT2D eigenvalue weighted by Crippen LogP contribution is -2.49. The molecular formula is C30H34N4O4. The van der Waals surface area contributed by atoms with Gasteiger partial charge in [-0.3, -0.25) is 14.3 Å². The van der Waals surface area contributed by atoms with E-state index in [2.05, 4.69) is 26.9 Å². The summed E-state index contributed by atoms with van der Waals surface area (Å²) in [7, 11) is 0. The van der Waals surface area contributed by atoms with Gasteiger partial charge in [0.25, 0.3) is 0 Å². The molecular weight excluding hydrogens is 480 g/mol. The molecule has 0 amide bonds. The van der Waals surface area contributed by atoms with Crippen LogP contribution in [0.1, 0.15) is 41.4 Å². The Morgan fingerprint density at radius 1 is 0.921 bits per heavy atom. The van der Waals surface area contributed by atoms with E-state index < -0.39 is 6.10 Å². The molecule has 1 aliphatic heterocycles. The number of rotatable bonds is 9. The summed E-state index contributed by atoms with van der Waals surface area (Å²) in [5.74, 6) is 1.18. The van der Waals surface area contributed by atoms with Gasteiger partial charge in [0, 0.05) is 68.3 Å². The van der Waals surface area contributed by atoms with Gasteiger partial charge in [0.15, 0.2) is 11.8 Å². The summed E-state index contributed by atoms with van der Waals surface area (Å²) in [6, 6.07) is 15.8. The topological polar surface area (TPSA) is 91.1 Å². The first-order chi connectivity index (χ1) is 18.6. The lowest BCUT2D eigenvalue weighted by molar-refractivity contribution is -0.150. The van der Waals surface area contributed by atoms with Crippen LogP contribution in [0.15, 0.2) is 66.9 Å². The summed E-state index contributed by atoms with van der Waals surface area (Å²) in [5, 5.41) is 22.1. The molecule has 3 heterocycles. The van der Waals surface area contributed by atoms with E-state index in [1.54, 1.807) is 0 Å². The number of allylic oxidation sites excluding steroid dienone is 2. The van der Waals surface area contributed by atoms with Crippen molar-refractivity contribution in [3.05, 3.63) is 83.6 Å². The number of pyridine rings is 1. The number of ether oxygens (including phenoxy) is 1. The molecule has 0 radical (unpaired) electrons. The second kappa shape index (κ2) is 10.5. The van der Waals surface area contributed by atoms with Gasteiger partial charge in [-0.15, -0.1) is 0 Å². The summed E-state index contributed by atoms with van der Waals surface area (Å²) < 4.78 is 7.54. The minimum absolute atomic E-state index is 0.0969. The number of carbonyl (C=O) groups is 1. The van der Waals surface area contributed by atoms with Gasteiger partial charge in [-0.25, -0.2) is 4.98 Å². The van der Waals surface area contributed by atoms with Gasteiger partial charge < -0.3 is 19.8 Å². The number of esters is 1. The number of anilines is 1. The Morgan fingerprint density at radius 3 is 2.26 bits per heavy atom. The first kappa shape index (κ1) is 24.6. The molecule has 2 bridgehead atoms. The smallest absolute Gasteiger partial charge is 0.306 e. The van der Waals surface area contributed by atoms with Gasteiger partial charge in [0.2, 0.25) is 0 Å². The summed E-state index contributed by atoms with van der Waals surface area (Å²) in [6.07, 6.45) is 7.32. The highest BCUT2D eigenvalue weighted by atomic mass is 16.5. The highest BCUT2D eigenvalue weighted by Crippen LogP contribution is 2.56. The maximum atomic E-state index is 12.9. The van der Waals surface area contributed by atoms with E-state index in [4.69, 9.17) is 4.74 Å². The molecule has 2 N–H and O–H groups in total. The molecule has 38 heavy (non-hydrogen) atoms. The van der Waals surface area contributed by atoms with Gasteiger partial charge in [0.1, 0.15) is 11.9 Å². The van der Waals surface area contributed by atoms with Crippen molar-refractivity contribution in [3.8, 4) is 11.8 Å². The van der Waals surface area contributed by atoms with Crippen LogP contribution in [0, 0.1) is 0 Å². The first-order valence-corrected chi connectivity index (χ1v) is 13.5. The van der Waals surface area contributed by atoms with Crippen molar-refractivity contribution in [2.24, 2.45) is 0 Å². The molecule has 3 aliphatic rings. The summed E-state index contributed by atoms with van der Waals surface area (Å²) in [5.41, 5.74) is 2.74. The van der Waals surface area contributed by atoms with Crippen LogP contribution in [0.2, 0.25) is 0 Å². The van der Waals surface area contributed by atoms with E-state index in [1.807, 2.05) is 54.7 Å². The number of aryl methyl sites for hydroxylation is 1. The van der Waals surface area contributed by atoms with Gasteiger partial charge in [0.05, 0.1) is 6.54 Å². The van der Waals surface area contributed by atoms with E-state index in [1.165, 1.54) is 4.57 Å². The predicted molar refractivity (Wildman–Crippen MR) is 145 cm³/mol. The molecule has 8 heteroatoms. The Kier molecular flexibility index (Phi) is 6.81. The molecule has 2 aromatic heterocycles. The number of piperazine rings is 1. The Balaban J connectivity index is 1.15. The third-order valence-electron chi connectivity index (χ3n) is 8.06. The Hall–Kier alpha value is -3.78. The fourth-order valence-corrected chi connectivity index (χ4v) is 6.12. The molecule has 3 atom stereocenters. The van der Waals surface area contributed by atoms with Crippen molar-refractivity contribution in [1.29, 1.82) is 0 Å². The second-order valence-corrected chi connectivity index (χ2v) is 10.5. The van der Waals surface area contributed by atoms with Crippen molar-refractivity contribution < 1.29 is 19.7 Å². The molecule has 6 rings (SSSR count). The van der Waals surface area contributed by atoms with Crippen molar-refractivity contribution in [3.63, 3.8) is 0 Å². The number of aromatic nitrogens is 2. The summed E-state index contributed by atoms with van der Waals surface area (Å²) >= 11 is 0. The molecule has 8 nitrogen and oxygen atoms in total. The fraction of sp³-hybridized carbons (Fsp3) is 0.400. The SMILES string of the molecule is O=C(CCc1ccccc1)OC(CN1CCN(c2ccccn2)CC1)Cn1c(O)c2c(c1O)[C@H]1C=CC2C1. The van der Waals surface area contributed by atoms with Crippen LogP contribution in [0.3, 0.4) is 0 Å². The van der Waals surface area contributed by atoms with Crippen LogP contribution in [-0.2, 0) is 22.5 Å². The van der Waals surface area contributed by atoms with Crippen LogP contribution >= 0.6 is 0 Å². The minimum Gasteiger partial charge on any atom is -0.494 e. The maximum absolute atomic E-state index is 12.9.